The number of ether oxygens (including phenoxy) is 2. The molecule has 0 aliphatic heterocycles. The van der Waals surface area contributed by atoms with E-state index in [2.05, 4.69) is 38.6 Å². The number of benzene rings is 2. The SMILES string of the molecule is COc1ccc(CCCCOc2ccc(C(=O)NCC[N+](C)(C)C)cc2)cc1. The van der Waals surface area contributed by atoms with Crippen molar-refractivity contribution in [2.75, 3.05) is 47.9 Å². The number of hydrogen-bond donors (Lipinski definition) is 1. The second kappa shape index (κ2) is 10.7. The van der Waals surface area contributed by atoms with Crippen LogP contribution in [0.1, 0.15) is 28.8 Å². The number of likely N-dealkylation sites (N-methyl/N-ethyl adjacent to an activating group) is 1. The van der Waals surface area contributed by atoms with Gasteiger partial charge in [-0.3, -0.25) is 4.79 Å². The molecule has 0 saturated carbocycles. The fourth-order valence-corrected chi connectivity index (χ4v) is 2.72. The lowest BCUT2D eigenvalue weighted by Crippen LogP contribution is -2.41. The summed E-state index contributed by atoms with van der Waals surface area (Å²) < 4.78 is 11.8. The van der Waals surface area contributed by atoms with Crippen LogP contribution in [0.4, 0.5) is 0 Å². The molecule has 0 radical (unpaired) electrons. The first-order valence-electron chi connectivity index (χ1n) is 9.82. The highest BCUT2D eigenvalue weighted by Gasteiger charge is 2.09. The third kappa shape index (κ3) is 8.01. The monoisotopic (exact) mass is 385 g/mol. The average Bonchev–Trinajstić information content (AvgIpc) is 2.67. The lowest BCUT2D eigenvalue weighted by Gasteiger charge is -2.23. The summed E-state index contributed by atoms with van der Waals surface area (Å²) in [5, 5.41) is 2.95. The summed E-state index contributed by atoms with van der Waals surface area (Å²) in [7, 11) is 8.00. The van der Waals surface area contributed by atoms with E-state index in [1.807, 2.05) is 36.4 Å². The molecule has 2 aromatic carbocycles. The van der Waals surface area contributed by atoms with E-state index >= 15 is 0 Å². The zero-order valence-corrected chi connectivity index (χ0v) is 17.5. The molecule has 0 fully saturated rings. The molecule has 0 heterocycles. The minimum absolute atomic E-state index is 0.0421. The number of carbonyl (C=O) groups is 1. The molecule has 152 valence electrons. The zero-order valence-electron chi connectivity index (χ0n) is 17.5. The smallest absolute Gasteiger partial charge is 0.251 e. The summed E-state index contributed by atoms with van der Waals surface area (Å²) in [5.74, 6) is 1.64. The Labute approximate surface area is 168 Å². The highest BCUT2D eigenvalue weighted by Crippen LogP contribution is 2.15. The second-order valence-electron chi connectivity index (χ2n) is 7.95. The molecule has 0 aromatic heterocycles. The lowest BCUT2D eigenvalue weighted by molar-refractivity contribution is -0.869. The van der Waals surface area contributed by atoms with Crippen molar-refractivity contribution >= 4 is 5.91 Å². The Balaban J connectivity index is 1.65. The summed E-state index contributed by atoms with van der Waals surface area (Å²) in [5.41, 5.74) is 1.97. The van der Waals surface area contributed by atoms with Crippen LogP contribution in [0.3, 0.4) is 0 Å². The largest absolute Gasteiger partial charge is 0.497 e. The first-order chi connectivity index (χ1) is 13.4. The number of rotatable bonds is 11. The third-order valence-electron chi connectivity index (χ3n) is 4.47. The maximum Gasteiger partial charge on any atom is 0.251 e. The second-order valence-corrected chi connectivity index (χ2v) is 7.95. The highest BCUT2D eigenvalue weighted by molar-refractivity contribution is 5.94. The molecule has 0 saturated heterocycles. The molecule has 2 aromatic rings. The van der Waals surface area contributed by atoms with Crippen LogP contribution >= 0.6 is 0 Å². The topological polar surface area (TPSA) is 47.6 Å². The van der Waals surface area contributed by atoms with E-state index in [0.29, 0.717) is 18.7 Å². The number of aryl methyl sites for hydroxylation is 1. The van der Waals surface area contributed by atoms with Gasteiger partial charge in [-0.2, -0.15) is 0 Å². The Hall–Kier alpha value is -2.53. The molecule has 0 spiro atoms. The zero-order chi connectivity index (χ0) is 20.4. The van der Waals surface area contributed by atoms with Gasteiger partial charge in [0.15, 0.2) is 0 Å². The van der Waals surface area contributed by atoms with Crippen LogP contribution in [-0.4, -0.2) is 58.3 Å². The van der Waals surface area contributed by atoms with Crippen molar-refractivity contribution in [3.8, 4) is 11.5 Å². The number of nitrogens with one attached hydrogen (secondary N) is 1. The van der Waals surface area contributed by atoms with Crippen molar-refractivity contribution in [2.45, 2.75) is 19.3 Å². The number of hydrogen-bond acceptors (Lipinski definition) is 3. The first-order valence-corrected chi connectivity index (χ1v) is 9.82. The first kappa shape index (κ1) is 21.8. The van der Waals surface area contributed by atoms with Gasteiger partial charge in [-0.25, -0.2) is 0 Å². The molecular weight excluding hydrogens is 352 g/mol. The van der Waals surface area contributed by atoms with Crippen LogP contribution in [0.2, 0.25) is 0 Å². The van der Waals surface area contributed by atoms with Crippen molar-refractivity contribution in [1.82, 2.24) is 5.32 Å². The number of methoxy groups -OCH3 is 1. The normalized spacial score (nSPS) is 11.1. The highest BCUT2D eigenvalue weighted by atomic mass is 16.5. The number of nitrogens with zero attached hydrogens (tertiary/aromatic N) is 1. The number of carbonyl (C=O) groups excluding carboxylic acids is 1. The predicted octanol–water partition coefficient (Wildman–Crippen LogP) is 3.53. The van der Waals surface area contributed by atoms with Crippen LogP contribution in [0, 0.1) is 0 Å². The quantitative estimate of drug-likeness (QED) is 0.475. The maximum absolute atomic E-state index is 12.1. The van der Waals surface area contributed by atoms with E-state index in [0.717, 1.165) is 41.8 Å². The molecule has 0 aliphatic carbocycles. The summed E-state index contributed by atoms with van der Waals surface area (Å²) in [6, 6.07) is 15.5. The number of quaternary nitrogens is 1. The fraction of sp³-hybridized carbons (Fsp3) is 0.435. The standard InChI is InChI=1S/C23H32N2O3/c1-25(2,3)17-16-24-23(26)20-10-14-22(15-11-20)28-18-6-5-7-19-8-12-21(27-4)13-9-19/h8-15H,5-7,16-18H2,1-4H3/p+1. The van der Waals surface area contributed by atoms with Gasteiger partial charge >= 0.3 is 0 Å². The van der Waals surface area contributed by atoms with Crippen LogP contribution in [0.25, 0.3) is 0 Å². The van der Waals surface area contributed by atoms with Crippen molar-refractivity contribution in [1.29, 1.82) is 0 Å². The van der Waals surface area contributed by atoms with Gasteiger partial charge in [0.05, 0.1) is 47.9 Å². The molecule has 28 heavy (non-hydrogen) atoms. The molecule has 1 N–H and O–H groups in total. The Morgan fingerprint density at radius 1 is 0.929 bits per heavy atom. The minimum atomic E-state index is -0.0421. The molecule has 0 unspecified atom stereocenters. The number of unbranched alkanes of at least 4 members (excludes halogenated alkanes) is 1. The van der Waals surface area contributed by atoms with E-state index in [1.165, 1.54) is 5.56 Å². The lowest BCUT2D eigenvalue weighted by atomic mass is 10.1. The minimum Gasteiger partial charge on any atom is -0.497 e. The molecule has 0 aliphatic rings. The Kier molecular flexibility index (Phi) is 8.33. The van der Waals surface area contributed by atoms with Gasteiger partial charge in [0.25, 0.3) is 5.91 Å². The molecular formula is C23H33N2O3+. The van der Waals surface area contributed by atoms with Gasteiger partial charge in [-0.05, 0) is 61.2 Å². The van der Waals surface area contributed by atoms with Gasteiger partial charge in [0, 0.05) is 5.56 Å². The Morgan fingerprint density at radius 2 is 1.57 bits per heavy atom. The van der Waals surface area contributed by atoms with Crippen LogP contribution < -0.4 is 14.8 Å². The van der Waals surface area contributed by atoms with Crippen molar-refractivity contribution in [3.63, 3.8) is 0 Å². The molecule has 5 heteroatoms. The van der Waals surface area contributed by atoms with Crippen LogP contribution in [0.5, 0.6) is 11.5 Å². The predicted molar refractivity (Wildman–Crippen MR) is 113 cm³/mol. The molecule has 1 amide bonds. The van der Waals surface area contributed by atoms with Gasteiger partial charge in [0.1, 0.15) is 11.5 Å². The summed E-state index contributed by atoms with van der Waals surface area (Å²) in [4.78, 5) is 12.1. The van der Waals surface area contributed by atoms with Gasteiger partial charge in [-0.1, -0.05) is 12.1 Å². The van der Waals surface area contributed by atoms with Crippen molar-refractivity contribution < 1.29 is 18.8 Å². The summed E-state index contributed by atoms with van der Waals surface area (Å²) in [6.45, 7) is 2.23. The van der Waals surface area contributed by atoms with E-state index in [1.54, 1.807) is 7.11 Å². The molecule has 2 rings (SSSR count). The summed E-state index contributed by atoms with van der Waals surface area (Å²) >= 11 is 0. The van der Waals surface area contributed by atoms with E-state index in [-0.39, 0.29) is 5.91 Å². The third-order valence-corrected chi connectivity index (χ3v) is 4.47. The molecule has 0 atom stereocenters. The molecule has 5 nitrogen and oxygen atoms in total. The van der Waals surface area contributed by atoms with Crippen LogP contribution in [-0.2, 0) is 6.42 Å². The van der Waals surface area contributed by atoms with E-state index in [4.69, 9.17) is 9.47 Å². The molecule has 0 bridgehead atoms. The number of amides is 1. The van der Waals surface area contributed by atoms with Gasteiger partial charge < -0.3 is 19.3 Å². The Bertz CT molecular complexity index is 719. The van der Waals surface area contributed by atoms with E-state index in [9.17, 15) is 4.79 Å². The van der Waals surface area contributed by atoms with E-state index < -0.39 is 0 Å². The van der Waals surface area contributed by atoms with Gasteiger partial charge in [-0.15, -0.1) is 0 Å². The van der Waals surface area contributed by atoms with Gasteiger partial charge in [0.2, 0.25) is 0 Å². The van der Waals surface area contributed by atoms with Crippen molar-refractivity contribution in [2.24, 2.45) is 0 Å². The Morgan fingerprint density at radius 3 is 2.18 bits per heavy atom. The summed E-state index contributed by atoms with van der Waals surface area (Å²) in [6.07, 6.45) is 3.08. The van der Waals surface area contributed by atoms with Crippen molar-refractivity contribution in [3.05, 3.63) is 59.7 Å². The maximum atomic E-state index is 12.1. The van der Waals surface area contributed by atoms with Crippen LogP contribution in [0.15, 0.2) is 48.5 Å². The fourth-order valence-electron chi connectivity index (χ4n) is 2.72. The average molecular weight is 386 g/mol.